The van der Waals surface area contributed by atoms with Gasteiger partial charge in [-0.25, -0.2) is 18.7 Å². The lowest BCUT2D eigenvalue weighted by molar-refractivity contribution is -0.132. The van der Waals surface area contributed by atoms with Crippen molar-refractivity contribution in [1.82, 2.24) is 19.6 Å². The van der Waals surface area contributed by atoms with E-state index in [1.807, 2.05) is 0 Å². The molecule has 2 heterocycles. The van der Waals surface area contributed by atoms with Gasteiger partial charge in [0.1, 0.15) is 18.3 Å². The van der Waals surface area contributed by atoms with Crippen LogP contribution in [0.4, 0.5) is 4.79 Å². The summed E-state index contributed by atoms with van der Waals surface area (Å²) in [6, 6.07) is 2.94. The largest absolute Gasteiger partial charge is 0.497 e. The fourth-order valence-corrected chi connectivity index (χ4v) is 5.07. The van der Waals surface area contributed by atoms with Crippen LogP contribution in [0.2, 0.25) is 0 Å². The van der Waals surface area contributed by atoms with Crippen molar-refractivity contribution in [3.63, 3.8) is 0 Å². The predicted molar refractivity (Wildman–Crippen MR) is 93.9 cm³/mol. The second kappa shape index (κ2) is 7.37. The maximum Gasteiger partial charge on any atom is 0.327 e. The Labute approximate surface area is 161 Å². The zero-order valence-electron chi connectivity index (χ0n) is 15.2. The molecule has 2 fully saturated rings. The summed E-state index contributed by atoms with van der Waals surface area (Å²) in [7, 11) is -1.24. The average molecular weight is 412 g/mol. The van der Waals surface area contributed by atoms with E-state index in [1.165, 1.54) is 48.8 Å². The van der Waals surface area contributed by atoms with E-state index in [0.717, 1.165) is 9.21 Å². The number of sulfonamides is 1. The Kier molecular flexibility index (Phi) is 5.28. The van der Waals surface area contributed by atoms with Gasteiger partial charge in [0.25, 0.3) is 11.8 Å². The number of benzene rings is 1. The molecule has 0 radical (unpaired) electrons. The number of methoxy groups -OCH3 is 1. The fourth-order valence-electron chi connectivity index (χ4n) is 3.43. The number of nitrogens with one attached hydrogen (secondary N) is 1. The number of nitrogens with zero attached hydrogens (tertiary/aromatic N) is 3. The molecule has 1 unspecified atom stereocenters. The number of amides is 4. The van der Waals surface area contributed by atoms with Gasteiger partial charge in [0, 0.05) is 13.6 Å². The summed E-state index contributed by atoms with van der Waals surface area (Å²) in [6.45, 7) is -0.366. The van der Waals surface area contributed by atoms with Gasteiger partial charge < -0.3 is 9.64 Å². The molecule has 0 bridgehead atoms. The number of imide groups is 1. The van der Waals surface area contributed by atoms with Crippen LogP contribution in [-0.4, -0.2) is 84.9 Å². The SMILES string of the molecule is COc1ccc(S(=O)(=O)N2CC(N3C(=O)CN(C)C3=O)C[C@@H]2C(=O)NO)cc1. The second-order valence-electron chi connectivity index (χ2n) is 6.53. The van der Waals surface area contributed by atoms with Gasteiger partial charge in [-0.3, -0.25) is 19.7 Å². The van der Waals surface area contributed by atoms with Gasteiger partial charge >= 0.3 is 6.03 Å². The molecule has 2 N–H and O–H groups in total. The fraction of sp³-hybridized carbons (Fsp3) is 0.438. The summed E-state index contributed by atoms with van der Waals surface area (Å²) in [4.78, 5) is 38.6. The summed E-state index contributed by atoms with van der Waals surface area (Å²) in [5.74, 6) is -0.949. The van der Waals surface area contributed by atoms with Crippen LogP contribution in [-0.2, 0) is 19.6 Å². The number of urea groups is 1. The first-order valence-electron chi connectivity index (χ1n) is 8.37. The molecule has 0 spiro atoms. The van der Waals surface area contributed by atoms with E-state index >= 15 is 0 Å². The summed E-state index contributed by atoms with van der Waals surface area (Å²) < 4.78 is 32.1. The van der Waals surface area contributed by atoms with Crippen LogP contribution in [0, 0.1) is 0 Å². The Morgan fingerprint density at radius 3 is 2.39 bits per heavy atom. The highest BCUT2D eigenvalue weighted by molar-refractivity contribution is 7.89. The molecule has 152 valence electrons. The maximum absolute atomic E-state index is 13.1. The number of hydroxylamine groups is 1. The van der Waals surface area contributed by atoms with Crippen molar-refractivity contribution in [2.45, 2.75) is 23.4 Å². The lowest BCUT2D eigenvalue weighted by Crippen LogP contribution is -2.45. The minimum absolute atomic E-state index is 0.0825. The van der Waals surface area contributed by atoms with Crippen molar-refractivity contribution in [2.24, 2.45) is 0 Å². The minimum atomic E-state index is -4.14. The number of likely N-dealkylation sites (N-methyl/N-ethyl adjacent to an activating group) is 1. The minimum Gasteiger partial charge on any atom is -0.497 e. The van der Waals surface area contributed by atoms with E-state index in [9.17, 15) is 22.8 Å². The van der Waals surface area contributed by atoms with Crippen molar-refractivity contribution >= 4 is 27.9 Å². The molecule has 2 aliphatic heterocycles. The van der Waals surface area contributed by atoms with Crippen LogP contribution in [0.3, 0.4) is 0 Å². The molecule has 0 saturated carbocycles. The monoisotopic (exact) mass is 412 g/mol. The average Bonchev–Trinajstić information content (AvgIpc) is 3.22. The highest BCUT2D eigenvalue weighted by atomic mass is 32.2. The van der Waals surface area contributed by atoms with Crippen LogP contribution in [0.25, 0.3) is 0 Å². The molecule has 2 atom stereocenters. The number of rotatable bonds is 5. The molecule has 12 heteroatoms. The quantitative estimate of drug-likeness (QED) is 0.368. The highest BCUT2D eigenvalue weighted by Crippen LogP contribution is 2.31. The van der Waals surface area contributed by atoms with Crippen LogP contribution in [0.15, 0.2) is 29.2 Å². The van der Waals surface area contributed by atoms with Gasteiger partial charge in [0.05, 0.1) is 18.0 Å². The Balaban J connectivity index is 1.94. The lowest BCUT2D eigenvalue weighted by atomic mass is 10.1. The van der Waals surface area contributed by atoms with Crippen LogP contribution in [0.5, 0.6) is 5.75 Å². The van der Waals surface area contributed by atoms with Crippen molar-refractivity contribution in [2.75, 3.05) is 27.2 Å². The van der Waals surface area contributed by atoms with Gasteiger partial charge in [-0.15, -0.1) is 0 Å². The Morgan fingerprint density at radius 2 is 1.89 bits per heavy atom. The third-order valence-electron chi connectivity index (χ3n) is 4.85. The molecule has 28 heavy (non-hydrogen) atoms. The molecule has 4 amide bonds. The first kappa shape index (κ1) is 20.0. The molecule has 0 aromatic heterocycles. The summed E-state index contributed by atoms with van der Waals surface area (Å²) in [6.07, 6.45) is -0.118. The number of ether oxygens (including phenoxy) is 1. The third kappa shape index (κ3) is 3.30. The van der Waals surface area contributed by atoms with Gasteiger partial charge in [-0.1, -0.05) is 0 Å². The zero-order chi connectivity index (χ0) is 20.6. The topological polar surface area (TPSA) is 137 Å². The van der Waals surface area contributed by atoms with Crippen LogP contribution < -0.4 is 10.2 Å². The van der Waals surface area contributed by atoms with Crippen molar-refractivity contribution in [3.8, 4) is 5.75 Å². The first-order valence-corrected chi connectivity index (χ1v) is 9.81. The normalized spacial score (nSPS) is 23.4. The molecule has 1 aromatic carbocycles. The molecule has 2 aliphatic rings. The Morgan fingerprint density at radius 1 is 1.25 bits per heavy atom. The van der Waals surface area contributed by atoms with E-state index in [2.05, 4.69) is 0 Å². The first-order chi connectivity index (χ1) is 13.2. The van der Waals surface area contributed by atoms with Crippen LogP contribution >= 0.6 is 0 Å². The number of carbonyl (C=O) groups excluding carboxylic acids is 3. The van der Waals surface area contributed by atoms with E-state index in [0.29, 0.717) is 5.75 Å². The Hall–Kier alpha value is -2.70. The summed E-state index contributed by atoms with van der Waals surface area (Å²) in [5.41, 5.74) is 1.46. The molecule has 2 saturated heterocycles. The van der Waals surface area contributed by atoms with Gasteiger partial charge in [-0.05, 0) is 30.7 Å². The van der Waals surface area contributed by atoms with E-state index in [4.69, 9.17) is 9.94 Å². The molecule has 11 nitrogen and oxygen atoms in total. The van der Waals surface area contributed by atoms with E-state index in [1.54, 1.807) is 0 Å². The van der Waals surface area contributed by atoms with Crippen molar-refractivity contribution < 1.29 is 32.7 Å². The smallest absolute Gasteiger partial charge is 0.327 e. The Bertz CT molecular complexity index is 902. The summed E-state index contributed by atoms with van der Waals surface area (Å²) >= 11 is 0. The third-order valence-corrected chi connectivity index (χ3v) is 6.74. The zero-order valence-corrected chi connectivity index (χ0v) is 16.0. The number of hydrogen-bond acceptors (Lipinski definition) is 7. The molecular weight excluding hydrogens is 392 g/mol. The van der Waals surface area contributed by atoms with E-state index < -0.39 is 40.0 Å². The molecular formula is C16H20N4O7S. The predicted octanol–water partition coefficient (Wildman–Crippen LogP) is -0.774. The van der Waals surface area contributed by atoms with Gasteiger partial charge in [0.2, 0.25) is 10.0 Å². The standard InChI is InChI=1S/C16H20N4O7S/c1-18-9-14(21)20(16(18)23)10-7-13(15(22)17-24)19(8-10)28(25,26)12-5-3-11(27-2)4-6-12/h3-6,10,13,24H,7-9H2,1-2H3,(H,17,22)/t10?,13-/m1/s1. The van der Waals surface area contributed by atoms with E-state index in [-0.39, 0.29) is 24.4 Å². The summed E-state index contributed by atoms with van der Waals surface area (Å²) in [5, 5.41) is 9.02. The second-order valence-corrected chi connectivity index (χ2v) is 8.42. The highest BCUT2D eigenvalue weighted by Gasteiger charge is 2.50. The molecule has 0 aliphatic carbocycles. The number of carbonyl (C=O) groups is 3. The van der Waals surface area contributed by atoms with Crippen molar-refractivity contribution in [1.29, 1.82) is 0 Å². The maximum atomic E-state index is 13.1. The molecule has 1 aromatic rings. The van der Waals surface area contributed by atoms with Gasteiger partial charge in [-0.2, -0.15) is 4.31 Å². The lowest BCUT2D eigenvalue weighted by Gasteiger charge is -2.23. The van der Waals surface area contributed by atoms with Gasteiger partial charge in [0.15, 0.2) is 0 Å². The van der Waals surface area contributed by atoms with Crippen LogP contribution in [0.1, 0.15) is 6.42 Å². The van der Waals surface area contributed by atoms with Crippen molar-refractivity contribution in [3.05, 3.63) is 24.3 Å². The molecule has 3 rings (SSSR count). The number of hydrogen-bond donors (Lipinski definition) is 2.